The average Bonchev–Trinajstić information content (AvgIpc) is 3.43. The van der Waals surface area contributed by atoms with Crippen LogP contribution in [-0.2, 0) is 17.9 Å². The first-order valence-electron chi connectivity index (χ1n) is 10.3. The van der Waals surface area contributed by atoms with Crippen LogP contribution >= 0.6 is 11.8 Å². The van der Waals surface area contributed by atoms with E-state index >= 15 is 0 Å². The summed E-state index contributed by atoms with van der Waals surface area (Å²) in [6, 6.07) is 13.8. The van der Waals surface area contributed by atoms with Gasteiger partial charge in [0, 0.05) is 12.7 Å². The number of amides is 1. The van der Waals surface area contributed by atoms with Gasteiger partial charge < -0.3 is 9.32 Å². The van der Waals surface area contributed by atoms with Crippen LogP contribution in [0.3, 0.4) is 0 Å². The number of carbonyl (C=O) groups excluding carboxylic acids is 1. The van der Waals surface area contributed by atoms with Crippen LogP contribution in [0.2, 0.25) is 0 Å². The van der Waals surface area contributed by atoms with Crippen molar-refractivity contribution in [2.75, 3.05) is 25.9 Å². The van der Waals surface area contributed by atoms with Crippen molar-refractivity contribution in [2.24, 2.45) is 0 Å². The summed E-state index contributed by atoms with van der Waals surface area (Å²) < 4.78 is 7.42. The van der Waals surface area contributed by atoms with Crippen molar-refractivity contribution in [2.45, 2.75) is 37.5 Å². The maximum atomic E-state index is 12.6. The molecule has 0 saturated carbocycles. The predicted octanol–water partition coefficient (Wildman–Crippen LogP) is 3.60. The van der Waals surface area contributed by atoms with Gasteiger partial charge in [-0.3, -0.25) is 14.3 Å². The van der Waals surface area contributed by atoms with Crippen LogP contribution in [-0.4, -0.2) is 56.4 Å². The van der Waals surface area contributed by atoms with Gasteiger partial charge >= 0.3 is 0 Å². The first-order valence-corrected chi connectivity index (χ1v) is 11.3. The second-order valence-corrected chi connectivity index (χ2v) is 8.47. The maximum Gasteiger partial charge on any atom is 0.233 e. The molecule has 0 bridgehead atoms. The molecule has 0 unspecified atom stereocenters. The third kappa shape index (κ3) is 5.12. The molecule has 2 aromatic heterocycles. The Labute approximate surface area is 181 Å². The van der Waals surface area contributed by atoms with E-state index in [1.54, 1.807) is 18.2 Å². The van der Waals surface area contributed by atoms with Gasteiger partial charge in [0.05, 0.1) is 25.1 Å². The summed E-state index contributed by atoms with van der Waals surface area (Å²) in [5.74, 6) is 2.01. The van der Waals surface area contributed by atoms with Crippen LogP contribution in [0.4, 0.5) is 0 Å². The molecule has 8 heteroatoms. The third-order valence-corrected chi connectivity index (χ3v) is 6.17. The first kappa shape index (κ1) is 20.7. The van der Waals surface area contributed by atoms with E-state index in [0.717, 1.165) is 42.1 Å². The highest BCUT2D eigenvalue weighted by atomic mass is 32.2. The van der Waals surface area contributed by atoms with Gasteiger partial charge in [-0.2, -0.15) is 0 Å². The smallest absolute Gasteiger partial charge is 0.233 e. The van der Waals surface area contributed by atoms with Crippen molar-refractivity contribution in [1.82, 2.24) is 24.6 Å². The number of hydrogen-bond acceptors (Lipinski definition) is 6. The van der Waals surface area contributed by atoms with Gasteiger partial charge in [-0.05, 0) is 50.2 Å². The molecular weight excluding hydrogens is 398 g/mol. The van der Waals surface area contributed by atoms with Gasteiger partial charge in [-0.15, -0.1) is 10.2 Å². The summed E-state index contributed by atoms with van der Waals surface area (Å²) in [5, 5.41) is 9.65. The molecule has 0 radical (unpaired) electrons. The normalized spacial score (nSPS) is 14.7. The predicted molar refractivity (Wildman–Crippen MR) is 116 cm³/mol. The van der Waals surface area contributed by atoms with E-state index in [-0.39, 0.29) is 5.91 Å². The van der Waals surface area contributed by atoms with E-state index in [0.29, 0.717) is 12.3 Å². The van der Waals surface area contributed by atoms with Crippen molar-refractivity contribution in [3.8, 4) is 5.69 Å². The Hall–Kier alpha value is -2.58. The van der Waals surface area contributed by atoms with Crippen molar-refractivity contribution >= 4 is 17.7 Å². The number of hydrogen-bond donors (Lipinski definition) is 0. The Morgan fingerprint density at radius 2 is 1.90 bits per heavy atom. The van der Waals surface area contributed by atoms with Gasteiger partial charge in [-0.25, -0.2) is 0 Å². The Morgan fingerprint density at radius 3 is 2.63 bits per heavy atom. The molecule has 1 aliphatic rings. The zero-order valence-electron chi connectivity index (χ0n) is 17.2. The zero-order valence-corrected chi connectivity index (χ0v) is 18.1. The second kappa shape index (κ2) is 9.95. The van der Waals surface area contributed by atoms with Crippen LogP contribution in [0, 0.1) is 0 Å². The molecule has 0 aliphatic carbocycles. The number of furan rings is 1. The van der Waals surface area contributed by atoms with E-state index in [4.69, 9.17) is 4.42 Å². The second-order valence-electron chi connectivity index (χ2n) is 7.52. The Bertz CT molecular complexity index is 936. The molecule has 1 amide bonds. The molecule has 158 valence electrons. The Morgan fingerprint density at radius 1 is 1.10 bits per heavy atom. The van der Waals surface area contributed by atoms with Crippen LogP contribution in [0.15, 0.2) is 58.3 Å². The van der Waals surface area contributed by atoms with E-state index < -0.39 is 0 Å². The van der Waals surface area contributed by atoms with Gasteiger partial charge in [-0.1, -0.05) is 36.4 Å². The van der Waals surface area contributed by atoms with Crippen molar-refractivity contribution < 1.29 is 9.21 Å². The average molecular weight is 426 g/mol. The van der Waals surface area contributed by atoms with E-state index in [1.165, 1.54) is 31.0 Å². The lowest BCUT2D eigenvalue weighted by atomic mass is 10.1. The Balaban J connectivity index is 1.47. The summed E-state index contributed by atoms with van der Waals surface area (Å²) in [7, 11) is 1.79. The highest BCUT2D eigenvalue weighted by molar-refractivity contribution is 7.99. The summed E-state index contributed by atoms with van der Waals surface area (Å²) in [6.45, 7) is 3.42. The minimum Gasteiger partial charge on any atom is -0.467 e. The molecule has 1 aliphatic heterocycles. The number of thioether (sulfide) groups is 1. The number of aromatic nitrogens is 3. The van der Waals surface area contributed by atoms with E-state index in [2.05, 4.69) is 31.8 Å². The minimum absolute atomic E-state index is 0.0246. The number of nitrogens with zero attached hydrogens (tertiary/aromatic N) is 5. The molecule has 1 aromatic carbocycles. The molecule has 3 heterocycles. The molecule has 3 aromatic rings. The minimum atomic E-state index is 0.0246. The highest BCUT2D eigenvalue weighted by Gasteiger charge is 2.20. The topological polar surface area (TPSA) is 67.4 Å². The lowest BCUT2D eigenvalue weighted by Gasteiger charge is -2.26. The van der Waals surface area contributed by atoms with E-state index in [9.17, 15) is 4.79 Å². The van der Waals surface area contributed by atoms with Crippen molar-refractivity contribution in [3.63, 3.8) is 0 Å². The molecule has 1 fully saturated rings. The lowest BCUT2D eigenvalue weighted by molar-refractivity contribution is -0.127. The maximum absolute atomic E-state index is 12.6. The van der Waals surface area contributed by atoms with E-state index in [1.807, 2.05) is 30.3 Å². The molecule has 0 N–H and O–H groups in total. The largest absolute Gasteiger partial charge is 0.467 e. The molecule has 0 atom stereocenters. The molecule has 4 rings (SSSR count). The number of carbonyl (C=O) groups is 1. The number of para-hydroxylation sites is 1. The van der Waals surface area contributed by atoms with Gasteiger partial charge in [0.2, 0.25) is 5.91 Å². The van der Waals surface area contributed by atoms with Crippen LogP contribution < -0.4 is 0 Å². The number of piperidine rings is 1. The molecular formula is C22H27N5O2S. The van der Waals surface area contributed by atoms with Crippen LogP contribution in [0.5, 0.6) is 0 Å². The number of benzene rings is 1. The fourth-order valence-corrected chi connectivity index (χ4v) is 4.52. The summed E-state index contributed by atoms with van der Waals surface area (Å²) >= 11 is 1.42. The van der Waals surface area contributed by atoms with Crippen molar-refractivity contribution in [1.29, 1.82) is 0 Å². The van der Waals surface area contributed by atoms with Crippen LogP contribution in [0.1, 0.15) is 30.8 Å². The highest BCUT2D eigenvalue weighted by Crippen LogP contribution is 2.24. The summed E-state index contributed by atoms with van der Waals surface area (Å²) in [6.07, 6.45) is 5.39. The van der Waals surface area contributed by atoms with Gasteiger partial charge in [0.25, 0.3) is 0 Å². The lowest BCUT2D eigenvalue weighted by Crippen LogP contribution is -2.30. The summed E-state index contributed by atoms with van der Waals surface area (Å²) in [4.78, 5) is 16.7. The van der Waals surface area contributed by atoms with Crippen LogP contribution in [0.25, 0.3) is 5.69 Å². The summed E-state index contributed by atoms with van der Waals surface area (Å²) in [5.41, 5.74) is 1.02. The Kier molecular flexibility index (Phi) is 6.86. The molecule has 7 nitrogen and oxygen atoms in total. The molecule has 0 spiro atoms. The van der Waals surface area contributed by atoms with Gasteiger partial charge in [0.1, 0.15) is 5.76 Å². The number of likely N-dealkylation sites (tertiary alicyclic amines) is 1. The fraction of sp³-hybridized carbons (Fsp3) is 0.409. The third-order valence-electron chi connectivity index (χ3n) is 5.25. The zero-order chi connectivity index (χ0) is 20.8. The van der Waals surface area contributed by atoms with Gasteiger partial charge in [0.15, 0.2) is 11.0 Å². The monoisotopic (exact) mass is 425 g/mol. The number of rotatable bonds is 8. The first-order chi connectivity index (χ1) is 14.7. The standard InChI is InChI=1S/C22H27N5O2S/c1-25(15-19-11-8-14-29-19)21(28)17-30-22-24-23-20(16-26-12-6-3-7-13-26)27(22)18-9-4-2-5-10-18/h2,4-5,8-11,14H,3,6-7,12-13,15-17H2,1H3. The quantitative estimate of drug-likeness (QED) is 0.514. The molecule has 1 saturated heterocycles. The fourth-order valence-electron chi connectivity index (χ4n) is 3.61. The SMILES string of the molecule is CN(Cc1ccco1)C(=O)CSc1nnc(CN2CCCCC2)n1-c1ccccc1. The molecule has 30 heavy (non-hydrogen) atoms. The van der Waals surface area contributed by atoms with Crippen molar-refractivity contribution in [3.05, 3.63) is 60.3 Å².